The van der Waals surface area contributed by atoms with Crippen LogP contribution in [0.5, 0.6) is 0 Å². The molecule has 0 saturated heterocycles. The van der Waals surface area contributed by atoms with Crippen molar-refractivity contribution in [3.8, 4) is 0 Å². The zero-order chi connectivity index (χ0) is 13.8. The molecule has 2 rings (SSSR count). The number of likely N-dealkylation sites (N-methyl/N-ethyl adjacent to an activating group) is 1. The summed E-state index contributed by atoms with van der Waals surface area (Å²) in [5.74, 6) is -0.233. The first-order chi connectivity index (χ1) is 9.10. The van der Waals surface area contributed by atoms with Crippen molar-refractivity contribution in [1.82, 2.24) is 5.32 Å². The van der Waals surface area contributed by atoms with Crippen molar-refractivity contribution in [2.75, 3.05) is 6.54 Å². The van der Waals surface area contributed by atoms with Gasteiger partial charge in [-0.3, -0.25) is 0 Å². The molecule has 1 aromatic heterocycles. The van der Waals surface area contributed by atoms with E-state index in [4.69, 9.17) is 11.6 Å². The van der Waals surface area contributed by atoms with Crippen molar-refractivity contribution in [2.45, 2.75) is 26.3 Å². The summed E-state index contributed by atoms with van der Waals surface area (Å²) in [4.78, 5) is 2.52. The minimum Gasteiger partial charge on any atom is -0.309 e. The van der Waals surface area contributed by atoms with Gasteiger partial charge in [0, 0.05) is 20.8 Å². The topological polar surface area (TPSA) is 12.0 Å². The average molecular weight is 298 g/mol. The molecule has 19 heavy (non-hydrogen) atoms. The lowest BCUT2D eigenvalue weighted by Gasteiger charge is -2.17. The molecule has 1 aromatic carbocycles. The highest BCUT2D eigenvalue weighted by Crippen LogP contribution is 2.27. The number of nitrogens with one attached hydrogen (secondary N) is 1. The second-order valence-electron chi connectivity index (χ2n) is 4.50. The van der Waals surface area contributed by atoms with Crippen LogP contribution in [0.1, 0.15) is 28.3 Å². The maximum absolute atomic E-state index is 13.9. The number of hydrogen-bond acceptors (Lipinski definition) is 2. The Balaban J connectivity index is 2.21. The lowest BCUT2D eigenvalue weighted by Crippen LogP contribution is -2.22. The molecule has 0 bridgehead atoms. The zero-order valence-electron chi connectivity index (χ0n) is 11.0. The van der Waals surface area contributed by atoms with Gasteiger partial charge in [0.1, 0.15) is 5.82 Å². The highest BCUT2D eigenvalue weighted by atomic mass is 35.5. The minimum atomic E-state index is -0.233. The summed E-state index contributed by atoms with van der Waals surface area (Å²) in [6.07, 6.45) is 0.636. The highest BCUT2D eigenvalue weighted by molar-refractivity contribution is 7.12. The van der Waals surface area contributed by atoms with Crippen molar-refractivity contribution in [3.05, 3.63) is 56.5 Å². The maximum atomic E-state index is 13.9. The first-order valence-electron chi connectivity index (χ1n) is 6.33. The Hall–Kier alpha value is -0.900. The number of aryl methyl sites for hydroxylation is 1. The van der Waals surface area contributed by atoms with E-state index in [1.807, 2.05) is 0 Å². The molecule has 0 aliphatic carbocycles. The SMILES string of the molecule is CCNC(Cc1ccc(Cl)cc1F)c1ccc(C)s1. The molecule has 2 aromatic rings. The number of rotatable bonds is 5. The Morgan fingerprint density at radius 1 is 1.32 bits per heavy atom. The van der Waals surface area contributed by atoms with Gasteiger partial charge < -0.3 is 5.32 Å². The Morgan fingerprint density at radius 3 is 2.68 bits per heavy atom. The lowest BCUT2D eigenvalue weighted by molar-refractivity contribution is 0.534. The van der Waals surface area contributed by atoms with Gasteiger partial charge in [-0.25, -0.2) is 4.39 Å². The van der Waals surface area contributed by atoms with Crippen LogP contribution in [-0.2, 0) is 6.42 Å². The van der Waals surface area contributed by atoms with Gasteiger partial charge in [-0.05, 0) is 49.7 Å². The number of thiophene rings is 1. The summed E-state index contributed by atoms with van der Waals surface area (Å²) in [7, 11) is 0. The average Bonchev–Trinajstić information content (AvgIpc) is 2.78. The maximum Gasteiger partial charge on any atom is 0.127 e. The van der Waals surface area contributed by atoms with E-state index in [1.54, 1.807) is 23.5 Å². The van der Waals surface area contributed by atoms with Crippen LogP contribution >= 0.6 is 22.9 Å². The second kappa shape index (κ2) is 6.51. The molecule has 0 spiro atoms. The second-order valence-corrected chi connectivity index (χ2v) is 6.25. The Bertz CT molecular complexity index is 553. The van der Waals surface area contributed by atoms with Crippen LogP contribution in [0.2, 0.25) is 5.02 Å². The standard InChI is InChI=1S/C15H17ClFNS/c1-3-18-14(15-7-4-10(2)19-15)8-11-5-6-12(16)9-13(11)17/h4-7,9,14,18H,3,8H2,1-2H3. The van der Waals surface area contributed by atoms with Crippen LogP contribution in [0.3, 0.4) is 0 Å². The third-order valence-corrected chi connectivity index (χ3v) is 4.34. The molecule has 0 fully saturated rings. The lowest BCUT2D eigenvalue weighted by atomic mass is 10.0. The predicted molar refractivity (Wildman–Crippen MR) is 80.6 cm³/mol. The fraction of sp³-hybridized carbons (Fsp3) is 0.333. The summed E-state index contributed by atoms with van der Waals surface area (Å²) >= 11 is 7.53. The van der Waals surface area contributed by atoms with Crippen molar-refractivity contribution >= 4 is 22.9 Å². The van der Waals surface area contributed by atoms with Crippen molar-refractivity contribution in [3.63, 3.8) is 0 Å². The molecule has 1 N–H and O–H groups in total. The van der Waals surface area contributed by atoms with Gasteiger partial charge in [0.15, 0.2) is 0 Å². The van der Waals surface area contributed by atoms with E-state index in [0.717, 1.165) is 6.54 Å². The molecule has 0 radical (unpaired) electrons. The van der Waals surface area contributed by atoms with Gasteiger partial charge in [-0.2, -0.15) is 0 Å². The summed E-state index contributed by atoms with van der Waals surface area (Å²) in [5.41, 5.74) is 0.696. The van der Waals surface area contributed by atoms with E-state index in [-0.39, 0.29) is 11.9 Å². The molecule has 1 nitrogen and oxygen atoms in total. The van der Waals surface area contributed by atoms with E-state index in [2.05, 4.69) is 31.3 Å². The van der Waals surface area contributed by atoms with Gasteiger partial charge in [0.05, 0.1) is 0 Å². The highest BCUT2D eigenvalue weighted by Gasteiger charge is 2.15. The van der Waals surface area contributed by atoms with Crippen LogP contribution in [0.4, 0.5) is 4.39 Å². The van der Waals surface area contributed by atoms with Crippen LogP contribution in [-0.4, -0.2) is 6.54 Å². The van der Waals surface area contributed by atoms with Crippen LogP contribution in [0.25, 0.3) is 0 Å². The van der Waals surface area contributed by atoms with E-state index >= 15 is 0 Å². The molecule has 1 heterocycles. The number of benzene rings is 1. The first kappa shape index (κ1) is 14.5. The van der Waals surface area contributed by atoms with Gasteiger partial charge in [0.2, 0.25) is 0 Å². The van der Waals surface area contributed by atoms with Gasteiger partial charge in [0.25, 0.3) is 0 Å². The van der Waals surface area contributed by atoms with Crippen molar-refractivity contribution in [2.24, 2.45) is 0 Å². The largest absolute Gasteiger partial charge is 0.309 e. The summed E-state index contributed by atoms with van der Waals surface area (Å²) in [5, 5.41) is 3.85. The van der Waals surface area contributed by atoms with Crippen molar-refractivity contribution in [1.29, 1.82) is 0 Å². The Morgan fingerprint density at radius 2 is 2.11 bits per heavy atom. The van der Waals surface area contributed by atoms with E-state index < -0.39 is 0 Å². The van der Waals surface area contributed by atoms with Crippen molar-refractivity contribution < 1.29 is 4.39 Å². The third-order valence-electron chi connectivity index (χ3n) is 2.99. The molecule has 1 atom stereocenters. The van der Waals surface area contributed by atoms with E-state index in [9.17, 15) is 4.39 Å². The Labute approximate surface area is 122 Å². The fourth-order valence-electron chi connectivity index (χ4n) is 2.07. The molecule has 1 unspecified atom stereocenters. The molecule has 0 amide bonds. The van der Waals surface area contributed by atoms with Gasteiger partial charge >= 0.3 is 0 Å². The molecule has 4 heteroatoms. The summed E-state index contributed by atoms with van der Waals surface area (Å²) in [6.45, 7) is 5.00. The monoisotopic (exact) mass is 297 g/mol. The summed E-state index contributed by atoms with van der Waals surface area (Å²) < 4.78 is 13.9. The summed E-state index contributed by atoms with van der Waals surface area (Å²) in [6, 6.07) is 9.24. The number of hydrogen-bond donors (Lipinski definition) is 1. The third kappa shape index (κ3) is 3.78. The minimum absolute atomic E-state index is 0.152. The van der Waals surface area contributed by atoms with E-state index in [0.29, 0.717) is 17.0 Å². The molecule has 0 aliphatic rings. The zero-order valence-corrected chi connectivity index (χ0v) is 12.6. The predicted octanol–water partition coefficient (Wildman–Crippen LogP) is 4.74. The van der Waals surface area contributed by atoms with E-state index in [1.165, 1.54) is 15.8 Å². The molecular weight excluding hydrogens is 281 g/mol. The smallest absolute Gasteiger partial charge is 0.127 e. The molecular formula is C15H17ClFNS. The number of halogens is 2. The van der Waals surface area contributed by atoms with Crippen LogP contribution in [0, 0.1) is 12.7 Å². The van der Waals surface area contributed by atoms with Gasteiger partial charge in [-0.15, -0.1) is 11.3 Å². The molecule has 102 valence electrons. The fourth-order valence-corrected chi connectivity index (χ4v) is 3.18. The quantitative estimate of drug-likeness (QED) is 0.840. The molecule has 0 saturated carbocycles. The Kier molecular flexibility index (Phi) is 4.97. The van der Waals surface area contributed by atoms with Crippen LogP contribution in [0.15, 0.2) is 30.3 Å². The van der Waals surface area contributed by atoms with Crippen LogP contribution < -0.4 is 5.32 Å². The first-order valence-corrected chi connectivity index (χ1v) is 7.53. The molecule has 0 aliphatic heterocycles. The van der Waals surface area contributed by atoms with Gasteiger partial charge in [-0.1, -0.05) is 24.6 Å². The normalized spacial score (nSPS) is 12.6.